The molecule has 0 bridgehead atoms. The Labute approximate surface area is 108 Å². The minimum atomic E-state index is -0.204. The number of anilines is 1. The summed E-state index contributed by atoms with van der Waals surface area (Å²) in [5.41, 5.74) is 6.27. The number of aromatic nitrogens is 5. The Kier molecular flexibility index (Phi) is 3.66. The third-order valence-corrected chi connectivity index (χ3v) is 3.26. The highest BCUT2D eigenvalue weighted by Crippen LogP contribution is 2.18. The predicted molar refractivity (Wildman–Crippen MR) is 69.3 cm³/mol. The lowest BCUT2D eigenvalue weighted by Crippen LogP contribution is -2.16. The van der Waals surface area contributed by atoms with Gasteiger partial charge in [-0.05, 0) is 13.8 Å². The van der Waals surface area contributed by atoms with Crippen molar-refractivity contribution in [2.45, 2.75) is 31.3 Å². The van der Waals surface area contributed by atoms with Gasteiger partial charge in [0, 0.05) is 18.3 Å². The molecule has 2 aromatic heterocycles. The fraction of sp³-hybridized carbons (Fsp3) is 0.400. The quantitative estimate of drug-likeness (QED) is 0.784. The highest BCUT2D eigenvalue weighted by Gasteiger charge is 2.08. The summed E-state index contributed by atoms with van der Waals surface area (Å²) in [6.45, 7) is 4.33. The smallest absolute Gasteiger partial charge is 0.343 e. The Bertz CT molecular complexity index is 584. The van der Waals surface area contributed by atoms with Crippen molar-refractivity contribution in [1.82, 2.24) is 24.7 Å². The van der Waals surface area contributed by atoms with Gasteiger partial charge in [-0.3, -0.25) is 4.57 Å². The SMILES string of the molecule is CCn1c(SCc2nc(C)cc(N)n2)n[nH]c1=O. The molecule has 3 N–H and O–H groups in total. The molecule has 2 heterocycles. The minimum absolute atomic E-state index is 0.204. The molecule has 0 aliphatic rings. The number of aryl methyl sites for hydroxylation is 1. The molecular formula is C10H14N6OS. The third-order valence-electron chi connectivity index (χ3n) is 2.29. The van der Waals surface area contributed by atoms with Crippen molar-refractivity contribution < 1.29 is 0 Å². The first-order valence-electron chi connectivity index (χ1n) is 5.48. The van der Waals surface area contributed by atoms with Crippen LogP contribution in [0, 0.1) is 6.92 Å². The lowest BCUT2D eigenvalue weighted by Gasteiger charge is -2.03. The topological polar surface area (TPSA) is 102 Å². The van der Waals surface area contributed by atoms with Crippen molar-refractivity contribution in [1.29, 1.82) is 0 Å². The van der Waals surface area contributed by atoms with Crippen molar-refractivity contribution in [3.8, 4) is 0 Å². The van der Waals surface area contributed by atoms with Gasteiger partial charge < -0.3 is 5.73 Å². The summed E-state index contributed by atoms with van der Waals surface area (Å²) < 4.78 is 1.56. The van der Waals surface area contributed by atoms with Crippen LogP contribution in [0.5, 0.6) is 0 Å². The maximum Gasteiger partial charge on any atom is 0.343 e. The molecule has 0 atom stereocenters. The van der Waals surface area contributed by atoms with E-state index in [1.54, 1.807) is 10.6 Å². The van der Waals surface area contributed by atoms with Crippen LogP contribution in [0.15, 0.2) is 16.0 Å². The van der Waals surface area contributed by atoms with E-state index < -0.39 is 0 Å². The molecule has 0 unspecified atom stereocenters. The molecule has 0 spiro atoms. The number of thioether (sulfide) groups is 1. The molecule has 8 heteroatoms. The first kappa shape index (κ1) is 12.6. The normalized spacial score (nSPS) is 10.8. The minimum Gasteiger partial charge on any atom is -0.384 e. The van der Waals surface area contributed by atoms with E-state index in [9.17, 15) is 4.79 Å². The van der Waals surface area contributed by atoms with E-state index in [2.05, 4.69) is 20.2 Å². The molecule has 0 aliphatic carbocycles. The van der Waals surface area contributed by atoms with E-state index in [1.165, 1.54) is 11.8 Å². The molecule has 18 heavy (non-hydrogen) atoms. The second kappa shape index (κ2) is 5.21. The average Bonchev–Trinajstić information content (AvgIpc) is 2.66. The monoisotopic (exact) mass is 266 g/mol. The second-order valence-corrected chi connectivity index (χ2v) is 4.64. The molecule has 2 aromatic rings. The van der Waals surface area contributed by atoms with E-state index >= 15 is 0 Å². The number of hydrogen-bond donors (Lipinski definition) is 2. The Morgan fingerprint density at radius 1 is 1.50 bits per heavy atom. The maximum absolute atomic E-state index is 11.4. The average molecular weight is 266 g/mol. The molecule has 2 rings (SSSR count). The standard InChI is InChI=1S/C10H14N6OS/c1-3-16-9(17)14-15-10(16)18-5-8-12-6(2)4-7(11)13-8/h4H,3,5H2,1-2H3,(H,14,17)(H2,11,12,13). The zero-order chi connectivity index (χ0) is 13.1. The second-order valence-electron chi connectivity index (χ2n) is 3.69. The summed E-state index contributed by atoms with van der Waals surface area (Å²) in [6, 6.07) is 1.71. The molecule has 0 amide bonds. The lowest BCUT2D eigenvalue weighted by molar-refractivity contribution is 0.660. The molecule has 7 nitrogen and oxygen atoms in total. The zero-order valence-electron chi connectivity index (χ0n) is 10.2. The Hall–Kier alpha value is -1.83. The fourth-order valence-electron chi connectivity index (χ4n) is 1.54. The summed E-state index contributed by atoms with van der Waals surface area (Å²) in [6.07, 6.45) is 0. The number of nitrogens with one attached hydrogen (secondary N) is 1. The van der Waals surface area contributed by atoms with Gasteiger partial charge in [-0.15, -0.1) is 5.10 Å². The van der Waals surface area contributed by atoms with E-state index in [0.29, 0.717) is 29.1 Å². The van der Waals surface area contributed by atoms with E-state index in [1.807, 2.05) is 13.8 Å². The van der Waals surface area contributed by atoms with Crippen LogP contribution in [-0.2, 0) is 12.3 Å². The van der Waals surface area contributed by atoms with Gasteiger partial charge in [-0.2, -0.15) is 0 Å². The van der Waals surface area contributed by atoms with Gasteiger partial charge in [-0.25, -0.2) is 19.9 Å². The molecular weight excluding hydrogens is 252 g/mol. The molecule has 96 valence electrons. The number of H-pyrrole nitrogens is 1. The van der Waals surface area contributed by atoms with Crippen LogP contribution in [0.2, 0.25) is 0 Å². The highest BCUT2D eigenvalue weighted by atomic mass is 32.2. The largest absolute Gasteiger partial charge is 0.384 e. The molecule has 0 saturated carbocycles. The number of aromatic amines is 1. The zero-order valence-corrected chi connectivity index (χ0v) is 11.0. The van der Waals surface area contributed by atoms with Crippen molar-refractivity contribution in [3.63, 3.8) is 0 Å². The van der Waals surface area contributed by atoms with E-state index in [-0.39, 0.29) is 5.69 Å². The van der Waals surface area contributed by atoms with Crippen molar-refractivity contribution in [3.05, 3.63) is 28.1 Å². The van der Waals surface area contributed by atoms with Crippen molar-refractivity contribution in [2.24, 2.45) is 0 Å². The molecule has 0 saturated heterocycles. The molecule has 0 radical (unpaired) electrons. The van der Waals surface area contributed by atoms with Crippen LogP contribution in [0.25, 0.3) is 0 Å². The van der Waals surface area contributed by atoms with Gasteiger partial charge in [0.1, 0.15) is 11.6 Å². The Balaban J connectivity index is 2.13. The van der Waals surface area contributed by atoms with Gasteiger partial charge in [-0.1, -0.05) is 11.8 Å². The fourth-order valence-corrected chi connectivity index (χ4v) is 2.41. The van der Waals surface area contributed by atoms with Crippen LogP contribution < -0.4 is 11.4 Å². The number of nitrogens with zero attached hydrogens (tertiary/aromatic N) is 4. The maximum atomic E-state index is 11.4. The molecule has 0 aliphatic heterocycles. The van der Waals surface area contributed by atoms with Gasteiger partial charge >= 0.3 is 5.69 Å². The van der Waals surface area contributed by atoms with Gasteiger partial charge in [0.25, 0.3) is 0 Å². The number of nitrogens with two attached hydrogens (primary N) is 1. The van der Waals surface area contributed by atoms with Crippen LogP contribution in [0.4, 0.5) is 5.82 Å². The summed E-state index contributed by atoms with van der Waals surface area (Å²) in [5.74, 6) is 1.61. The van der Waals surface area contributed by atoms with E-state index in [4.69, 9.17) is 5.73 Å². The van der Waals surface area contributed by atoms with Crippen molar-refractivity contribution in [2.75, 3.05) is 5.73 Å². The predicted octanol–water partition coefficient (Wildman–Crippen LogP) is 0.564. The van der Waals surface area contributed by atoms with Crippen LogP contribution >= 0.6 is 11.8 Å². The number of rotatable bonds is 4. The summed E-state index contributed by atoms with van der Waals surface area (Å²) in [5, 5.41) is 7.00. The van der Waals surface area contributed by atoms with Crippen LogP contribution in [0.3, 0.4) is 0 Å². The number of hydrogen-bond acceptors (Lipinski definition) is 6. The Morgan fingerprint density at radius 3 is 2.94 bits per heavy atom. The van der Waals surface area contributed by atoms with Crippen molar-refractivity contribution >= 4 is 17.6 Å². The molecule has 0 aromatic carbocycles. The molecule has 0 fully saturated rings. The first-order chi connectivity index (χ1) is 8.60. The lowest BCUT2D eigenvalue weighted by atomic mass is 10.4. The highest BCUT2D eigenvalue weighted by molar-refractivity contribution is 7.98. The Morgan fingerprint density at radius 2 is 2.28 bits per heavy atom. The summed E-state index contributed by atoms with van der Waals surface area (Å²) in [7, 11) is 0. The van der Waals surface area contributed by atoms with Gasteiger partial charge in [0.15, 0.2) is 5.16 Å². The third kappa shape index (κ3) is 2.70. The summed E-state index contributed by atoms with van der Waals surface area (Å²) in [4.78, 5) is 19.8. The van der Waals surface area contributed by atoms with Gasteiger partial charge in [0.2, 0.25) is 0 Å². The van der Waals surface area contributed by atoms with E-state index in [0.717, 1.165) is 5.69 Å². The van der Waals surface area contributed by atoms with Crippen LogP contribution in [0.1, 0.15) is 18.4 Å². The summed E-state index contributed by atoms with van der Waals surface area (Å²) >= 11 is 1.40. The number of nitrogen functional groups attached to an aromatic ring is 1. The van der Waals surface area contributed by atoms with Crippen LogP contribution in [-0.4, -0.2) is 24.7 Å². The van der Waals surface area contributed by atoms with Gasteiger partial charge in [0.05, 0.1) is 5.75 Å². The first-order valence-corrected chi connectivity index (χ1v) is 6.46.